The van der Waals surface area contributed by atoms with Gasteiger partial charge >= 0.3 is 0 Å². The summed E-state index contributed by atoms with van der Waals surface area (Å²) in [6, 6.07) is 17.6. The molecule has 0 aliphatic carbocycles. The third-order valence-electron chi connectivity index (χ3n) is 6.75. The van der Waals surface area contributed by atoms with Crippen molar-refractivity contribution in [3.63, 3.8) is 0 Å². The average molecular weight is 554 g/mol. The first kappa shape index (κ1) is 27.2. The van der Waals surface area contributed by atoms with Gasteiger partial charge in [0.25, 0.3) is 11.5 Å². The standard InChI is InChI=1S/C31H25F2N5O3/c1-18-3-9-24(31(40)38(18)23-7-4-21(32)5-8-23)30(39)36-22-6-10-28(26(33)14-22)41-29-13-19-11-12-37(2)27(19)15-25(29)20(16-34)17-35/h3-17,20,34-35H,1-2H3,(H,36,39). The van der Waals surface area contributed by atoms with Crippen molar-refractivity contribution in [2.75, 3.05) is 5.32 Å². The van der Waals surface area contributed by atoms with Crippen LogP contribution in [0, 0.1) is 29.4 Å². The summed E-state index contributed by atoms with van der Waals surface area (Å²) in [5.74, 6) is -2.46. The maximum atomic E-state index is 15.2. The molecule has 0 saturated heterocycles. The zero-order valence-electron chi connectivity index (χ0n) is 22.1. The van der Waals surface area contributed by atoms with E-state index in [9.17, 15) is 14.0 Å². The highest BCUT2D eigenvalue weighted by atomic mass is 19.1. The van der Waals surface area contributed by atoms with E-state index in [1.165, 1.54) is 47.0 Å². The summed E-state index contributed by atoms with van der Waals surface area (Å²) in [4.78, 5) is 26.1. The van der Waals surface area contributed by atoms with Gasteiger partial charge < -0.3 is 25.4 Å². The predicted molar refractivity (Wildman–Crippen MR) is 154 cm³/mol. The Morgan fingerprint density at radius 2 is 1.68 bits per heavy atom. The van der Waals surface area contributed by atoms with Crippen molar-refractivity contribution < 1.29 is 18.3 Å². The summed E-state index contributed by atoms with van der Waals surface area (Å²) < 4.78 is 37.7. The van der Waals surface area contributed by atoms with Crippen molar-refractivity contribution in [1.29, 1.82) is 10.8 Å². The Balaban J connectivity index is 1.42. The maximum Gasteiger partial charge on any atom is 0.268 e. The van der Waals surface area contributed by atoms with Gasteiger partial charge in [-0.15, -0.1) is 0 Å². The van der Waals surface area contributed by atoms with Crippen LogP contribution in [0.1, 0.15) is 27.5 Å². The van der Waals surface area contributed by atoms with Crippen LogP contribution in [0.25, 0.3) is 16.6 Å². The van der Waals surface area contributed by atoms with Crippen LogP contribution in [0.5, 0.6) is 11.5 Å². The molecule has 0 radical (unpaired) electrons. The van der Waals surface area contributed by atoms with Crippen LogP contribution in [-0.2, 0) is 7.05 Å². The summed E-state index contributed by atoms with van der Waals surface area (Å²) in [5, 5.41) is 18.8. The number of benzene rings is 3. The van der Waals surface area contributed by atoms with Crippen molar-refractivity contribution >= 4 is 34.9 Å². The van der Waals surface area contributed by atoms with Crippen LogP contribution in [0.3, 0.4) is 0 Å². The number of pyridine rings is 1. The number of fused-ring (bicyclic) bond motifs is 1. The lowest BCUT2D eigenvalue weighted by atomic mass is 9.99. The zero-order valence-corrected chi connectivity index (χ0v) is 22.1. The second-order valence-electron chi connectivity index (χ2n) is 9.44. The van der Waals surface area contributed by atoms with Crippen LogP contribution < -0.4 is 15.6 Å². The molecule has 0 spiro atoms. The number of anilines is 1. The zero-order chi connectivity index (χ0) is 29.3. The highest BCUT2D eigenvalue weighted by Gasteiger charge is 2.19. The van der Waals surface area contributed by atoms with Gasteiger partial charge in [0.15, 0.2) is 11.6 Å². The van der Waals surface area contributed by atoms with E-state index in [0.717, 1.165) is 29.4 Å². The molecule has 2 aromatic heterocycles. The predicted octanol–water partition coefficient (Wildman–Crippen LogP) is 6.34. The third-order valence-corrected chi connectivity index (χ3v) is 6.75. The number of hydrogen-bond donors (Lipinski definition) is 3. The minimum absolute atomic E-state index is 0.101. The summed E-state index contributed by atoms with van der Waals surface area (Å²) in [5.41, 5.74) is 1.66. The van der Waals surface area contributed by atoms with Gasteiger partial charge in [-0.2, -0.15) is 0 Å². The lowest BCUT2D eigenvalue weighted by molar-refractivity contribution is 0.102. The molecule has 0 unspecified atom stereocenters. The largest absolute Gasteiger partial charge is 0.454 e. The molecule has 5 aromatic rings. The van der Waals surface area contributed by atoms with Gasteiger partial charge in [-0.05, 0) is 73.7 Å². The number of nitrogens with one attached hydrogen (secondary N) is 3. The van der Waals surface area contributed by atoms with Crippen molar-refractivity contribution in [1.82, 2.24) is 9.13 Å². The van der Waals surface area contributed by atoms with Gasteiger partial charge in [0, 0.05) is 65.3 Å². The number of ether oxygens (including phenoxy) is 1. The molecule has 0 aliphatic rings. The lowest BCUT2D eigenvalue weighted by Gasteiger charge is -2.16. The molecule has 5 rings (SSSR count). The van der Waals surface area contributed by atoms with Gasteiger partial charge in [-0.3, -0.25) is 14.2 Å². The molecule has 206 valence electrons. The summed E-state index contributed by atoms with van der Waals surface area (Å²) in [7, 11) is 1.87. The van der Waals surface area contributed by atoms with Crippen LogP contribution >= 0.6 is 0 Å². The number of carbonyl (C=O) groups is 1. The van der Waals surface area contributed by atoms with E-state index in [1.54, 1.807) is 25.1 Å². The number of halogens is 2. The van der Waals surface area contributed by atoms with Gasteiger partial charge in [0.05, 0.1) is 5.92 Å². The molecule has 0 saturated carbocycles. The average Bonchev–Trinajstić information content (AvgIpc) is 3.31. The monoisotopic (exact) mass is 553 g/mol. The van der Waals surface area contributed by atoms with E-state index >= 15 is 4.39 Å². The Morgan fingerprint density at radius 3 is 2.37 bits per heavy atom. The van der Waals surface area contributed by atoms with Crippen molar-refractivity contribution in [3.05, 3.63) is 118 Å². The number of carbonyl (C=O) groups excluding carboxylic acids is 1. The van der Waals surface area contributed by atoms with Crippen molar-refractivity contribution in [3.8, 4) is 17.2 Å². The highest BCUT2D eigenvalue weighted by molar-refractivity contribution is 6.04. The summed E-state index contributed by atoms with van der Waals surface area (Å²) in [6.07, 6.45) is 4.07. The molecule has 0 atom stereocenters. The third kappa shape index (κ3) is 5.27. The number of rotatable bonds is 8. The normalized spacial score (nSPS) is 11.7. The van der Waals surface area contributed by atoms with E-state index in [2.05, 4.69) is 5.32 Å². The Kier molecular flexibility index (Phi) is 7.30. The number of aromatic nitrogens is 2. The topological polar surface area (TPSA) is 113 Å². The fraction of sp³-hybridized carbons (Fsp3) is 0.0968. The van der Waals surface area contributed by atoms with Crippen LogP contribution in [0.2, 0.25) is 0 Å². The second kappa shape index (κ2) is 11.0. The SMILES string of the molecule is Cc1ccc(C(=O)Nc2ccc(Oc3cc4ccn(C)c4cc3C(C=N)C=N)c(F)c2)c(=O)n1-c1ccc(F)cc1. The van der Waals surface area contributed by atoms with Gasteiger partial charge in [0.2, 0.25) is 0 Å². The molecule has 3 aromatic carbocycles. The Morgan fingerprint density at radius 1 is 0.951 bits per heavy atom. The minimum Gasteiger partial charge on any atom is -0.454 e. The van der Waals surface area contributed by atoms with Crippen molar-refractivity contribution in [2.45, 2.75) is 12.8 Å². The molecule has 1 amide bonds. The fourth-order valence-electron chi connectivity index (χ4n) is 4.58. The van der Waals surface area contributed by atoms with Gasteiger partial charge in [0.1, 0.15) is 17.1 Å². The summed E-state index contributed by atoms with van der Waals surface area (Å²) >= 11 is 0. The lowest BCUT2D eigenvalue weighted by Crippen LogP contribution is -2.29. The number of nitrogens with zero attached hydrogens (tertiary/aromatic N) is 2. The molecule has 0 fully saturated rings. The van der Waals surface area contributed by atoms with Crippen LogP contribution in [0.4, 0.5) is 14.5 Å². The Hall–Kier alpha value is -5.38. The Labute approximate surface area is 233 Å². The molecule has 41 heavy (non-hydrogen) atoms. The molecule has 8 nitrogen and oxygen atoms in total. The molecular formula is C31H25F2N5O3. The van der Waals surface area contributed by atoms with Gasteiger partial charge in [-0.25, -0.2) is 8.78 Å². The fourth-order valence-corrected chi connectivity index (χ4v) is 4.58. The second-order valence-corrected chi connectivity index (χ2v) is 9.44. The van der Waals surface area contributed by atoms with Crippen LogP contribution in [-0.4, -0.2) is 27.5 Å². The van der Waals surface area contributed by atoms with Crippen LogP contribution in [0.15, 0.2) is 83.8 Å². The number of hydrogen-bond acceptors (Lipinski definition) is 5. The number of amides is 1. The van der Waals surface area contributed by atoms with Gasteiger partial charge in [-0.1, -0.05) is 0 Å². The van der Waals surface area contributed by atoms with E-state index in [0.29, 0.717) is 16.9 Å². The minimum atomic E-state index is -0.768. The quantitative estimate of drug-likeness (QED) is 0.195. The maximum absolute atomic E-state index is 15.2. The number of aryl methyl sites for hydroxylation is 2. The van der Waals surface area contributed by atoms with E-state index in [-0.39, 0.29) is 22.7 Å². The summed E-state index contributed by atoms with van der Waals surface area (Å²) in [6.45, 7) is 1.69. The first-order valence-corrected chi connectivity index (χ1v) is 12.6. The molecule has 10 heteroatoms. The van der Waals surface area contributed by atoms with E-state index in [1.807, 2.05) is 23.9 Å². The van der Waals surface area contributed by atoms with E-state index < -0.39 is 29.0 Å². The first-order valence-electron chi connectivity index (χ1n) is 12.6. The smallest absolute Gasteiger partial charge is 0.268 e. The Bertz CT molecular complexity index is 1870. The van der Waals surface area contributed by atoms with E-state index in [4.69, 9.17) is 15.6 Å². The molecule has 3 N–H and O–H groups in total. The molecule has 0 aliphatic heterocycles. The highest BCUT2D eigenvalue weighted by Crippen LogP contribution is 2.35. The van der Waals surface area contributed by atoms with Crippen molar-refractivity contribution in [2.24, 2.45) is 7.05 Å². The molecule has 0 bridgehead atoms. The molecule has 2 heterocycles. The molecular weight excluding hydrogens is 528 g/mol. The first-order chi connectivity index (χ1) is 19.7.